The summed E-state index contributed by atoms with van der Waals surface area (Å²) in [6, 6.07) is 16.8. The van der Waals surface area contributed by atoms with Crippen LogP contribution in [0.2, 0.25) is 0 Å². The molecule has 1 atom stereocenters. The molecule has 0 bridgehead atoms. The minimum Gasteiger partial charge on any atom is -0.539 e. The van der Waals surface area contributed by atoms with Crippen molar-refractivity contribution in [2.75, 3.05) is 0 Å². The van der Waals surface area contributed by atoms with E-state index in [2.05, 4.69) is 5.27 Å². The standard InChI is InChI=1S/C16H12N2O3/c19-15-14-16(20,10-11-6-2-1-3-7-11)12-8-4-5-9-13(12)18(14)17-21-15/h1-9,20H,10H2. The molecule has 1 aliphatic rings. The van der Waals surface area contributed by atoms with E-state index in [1.165, 1.54) is 4.68 Å². The monoisotopic (exact) mass is 280 g/mol. The zero-order valence-electron chi connectivity index (χ0n) is 11.1. The first kappa shape index (κ1) is 12.1. The van der Waals surface area contributed by atoms with E-state index in [0.29, 0.717) is 17.7 Å². The van der Waals surface area contributed by atoms with Gasteiger partial charge in [-0.2, -0.15) is 0 Å². The second-order valence-corrected chi connectivity index (χ2v) is 5.16. The Morgan fingerprint density at radius 1 is 1.10 bits per heavy atom. The molecule has 0 fully saturated rings. The van der Waals surface area contributed by atoms with Crippen LogP contribution in [0.25, 0.3) is 5.69 Å². The summed E-state index contributed by atoms with van der Waals surface area (Å²) in [4.78, 5) is 0. The predicted molar refractivity (Wildman–Crippen MR) is 70.6 cm³/mol. The third kappa shape index (κ3) is 1.61. The van der Waals surface area contributed by atoms with Crippen molar-refractivity contribution >= 4 is 0 Å². The summed E-state index contributed by atoms with van der Waals surface area (Å²) in [7, 11) is 0. The molecule has 21 heavy (non-hydrogen) atoms. The van der Waals surface area contributed by atoms with Crippen LogP contribution in [0.1, 0.15) is 16.8 Å². The lowest BCUT2D eigenvalue weighted by atomic mass is 9.86. The lowest BCUT2D eigenvalue weighted by Gasteiger charge is -2.20. The molecule has 0 amide bonds. The van der Waals surface area contributed by atoms with Crippen LogP contribution in [0.15, 0.2) is 59.1 Å². The van der Waals surface area contributed by atoms with Gasteiger partial charge in [0.05, 0.1) is 10.8 Å². The fraction of sp³-hybridized carbons (Fsp3) is 0.125. The number of hydrogen-bond donors (Lipinski definition) is 1. The Kier molecular flexibility index (Phi) is 2.40. The Balaban J connectivity index is 1.93. The molecule has 1 N–H and O–H groups in total. The maximum absolute atomic E-state index is 12.0. The number of benzene rings is 2. The largest absolute Gasteiger partial charge is 0.539 e. The van der Waals surface area contributed by atoms with Crippen molar-refractivity contribution in [2.45, 2.75) is 12.0 Å². The molecule has 1 unspecified atom stereocenters. The quantitative estimate of drug-likeness (QED) is 0.705. The van der Waals surface area contributed by atoms with Crippen molar-refractivity contribution < 1.29 is 19.4 Å². The van der Waals surface area contributed by atoms with E-state index in [-0.39, 0.29) is 5.69 Å². The molecule has 0 saturated heterocycles. The smallest absolute Gasteiger partial charge is 0.276 e. The highest BCUT2D eigenvalue weighted by Gasteiger charge is 2.52. The third-order valence-electron chi connectivity index (χ3n) is 3.88. The van der Waals surface area contributed by atoms with Crippen LogP contribution >= 0.6 is 0 Å². The maximum atomic E-state index is 12.0. The number of nitrogens with zero attached hydrogens (tertiary/aromatic N) is 2. The van der Waals surface area contributed by atoms with E-state index in [4.69, 9.17) is 4.52 Å². The molecule has 0 aliphatic carbocycles. The zero-order valence-corrected chi connectivity index (χ0v) is 11.1. The van der Waals surface area contributed by atoms with Gasteiger partial charge < -0.3 is 14.7 Å². The summed E-state index contributed by atoms with van der Waals surface area (Å²) >= 11 is 0. The first-order valence-electron chi connectivity index (χ1n) is 6.66. The Labute approximate surface area is 120 Å². The van der Waals surface area contributed by atoms with Gasteiger partial charge in [0.2, 0.25) is 5.69 Å². The molecule has 3 aromatic rings. The van der Waals surface area contributed by atoms with Gasteiger partial charge in [-0.25, -0.2) is 0 Å². The fourth-order valence-corrected chi connectivity index (χ4v) is 2.96. The Hall–Kier alpha value is -2.66. The molecule has 0 radical (unpaired) electrons. The Morgan fingerprint density at radius 3 is 2.62 bits per heavy atom. The molecule has 2 heterocycles. The average molecular weight is 280 g/mol. The summed E-state index contributed by atoms with van der Waals surface area (Å²) in [5.41, 5.74) is 1.02. The molecule has 104 valence electrons. The normalized spacial score (nSPS) is 19.3. The van der Waals surface area contributed by atoms with Gasteiger partial charge in [0.15, 0.2) is 11.5 Å². The second-order valence-electron chi connectivity index (χ2n) is 5.16. The van der Waals surface area contributed by atoms with Gasteiger partial charge in [-0.3, -0.25) is 0 Å². The first-order chi connectivity index (χ1) is 10.2. The summed E-state index contributed by atoms with van der Waals surface area (Å²) in [6.07, 6.45) is 0.293. The van der Waals surface area contributed by atoms with Crippen molar-refractivity contribution in [3.8, 4) is 11.6 Å². The van der Waals surface area contributed by atoms with E-state index < -0.39 is 11.5 Å². The predicted octanol–water partition coefficient (Wildman–Crippen LogP) is 0.817. The number of fused-ring (bicyclic) bond motifs is 3. The molecule has 0 spiro atoms. The number of para-hydroxylation sites is 1. The van der Waals surface area contributed by atoms with Crippen molar-refractivity contribution in [1.29, 1.82) is 0 Å². The van der Waals surface area contributed by atoms with E-state index >= 15 is 0 Å². The number of aromatic nitrogens is 2. The summed E-state index contributed by atoms with van der Waals surface area (Å²) in [5.74, 6) is -0.607. The van der Waals surface area contributed by atoms with Gasteiger partial charge >= 0.3 is 0 Å². The van der Waals surface area contributed by atoms with Gasteiger partial charge in [0, 0.05) is 12.5 Å². The van der Waals surface area contributed by atoms with Crippen LogP contribution in [0.3, 0.4) is 0 Å². The fourth-order valence-electron chi connectivity index (χ4n) is 2.96. The van der Waals surface area contributed by atoms with Crippen molar-refractivity contribution in [1.82, 2.24) is 5.27 Å². The van der Waals surface area contributed by atoms with Crippen LogP contribution in [0, 0.1) is 0 Å². The van der Waals surface area contributed by atoms with E-state index in [1.54, 1.807) is 0 Å². The molecule has 5 heteroatoms. The maximum Gasteiger partial charge on any atom is 0.276 e. The zero-order chi connectivity index (χ0) is 14.4. The van der Waals surface area contributed by atoms with E-state index in [1.807, 2.05) is 54.6 Å². The molecule has 1 aromatic heterocycles. The van der Waals surface area contributed by atoms with Gasteiger partial charge in [0.1, 0.15) is 0 Å². The van der Waals surface area contributed by atoms with Crippen LogP contribution in [-0.2, 0) is 12.0 Å². The minimum atomic E-state index is -1.42. The molecule has 4 rings (SSSR count). The van der Waals surface area contributed by atoms with Gasteiger partial charge in [0.25, 0.3) is 5.69 Å². The lowest BCUT2D eigenvalue weighted by Crippen LogP contribution is -2.38. The van der Waals surface area contributed by atoms with Crippen molar-refractivity contribution in [2.24, 2.45) is 0 Å². The number of rotatable bonds is 2. The van der Waals surface area contributed by atoms with Gasteiger partial charge in [-0.05, 0) is 16.3 Å². The van der Waals surface area contributed by atoms with Gasteiger partial charge in [-0.1, -0.05) is 42.5 Å². The van der Waals surface area contributed by atoms with E-state index in [0.717, 1.165) is 5.56 Å². The highest BCUT2D eigenvalue weighted by Crippen LogP contribution is 2.41. The van der Waals surface area contributed by atoms with Crippen molar-refractivity contribution in [3.05, 3.63) is 71.4 Å². The topological polar surface area (TPSA) is 73.2 Å². The molecular formula is C16H12N2O3. The number of aliphatic hydroxyl groups is 1. The van der Waals surface area contributed by atoms with Crippen LogP contribution in [0.4, 0.5) is 0 Å². The average Bonchev–Trinajstić information content (AvgIpc) is 3.00. The third-order valence-corrected chi connectivity index (χ3v) is 3.88. The highest BCUT2D eigenvalue weighted by atomic mass is 16.6. The van der Waals surface area contributed by atoms with E-state index in [9.17, 15) is 10.2 Å². The summed E-state index contributed by atoms with van der Waals surface area (Å²) in [6.45, 7) is 0. The van der Waals surface area contributed by atoms with Crippen LogP contribution in [0.5, 0.6) is 5.95 Å². The lowest BCUT2D eigenvalue weighted by molar-refractivity contribution is -0.675. The van der Waals surface area contributed by atoms with Crippen LogP contribution < -0.4 is 9.79 Å². The SMILES string of the molecule is [O-]c1on[n+]2c1C(O)(Cc1ccccc1)c1ccccc1-2. The van der Waals surface area contributed by atoms with Crippen molar-refractivity contribution in [3.63, 3.8) is 0 Å². The van der Waals surface area contributed by atoms with Crippen LogP contribution in [-0.4, -0.2) is 10.4 Å². The summed E-state index contributed by atoms with van der Waals surface area (Å²) < 4.78 is 6.11. The Morgan fingerprint density at radius 2 is 1.81 bits per heavy atom. The molecule has 0 saturated carbocycles. The molecule has 2 aromatic carbocycles. The number of hydrogen-bond acceptors (Lipinski definition) is 4. The molecule has 5 nitrogen and oxygen atoms in total. The highest BCUT2D eigenvalue weighted by molar-refractivity contribution is 5.48. The summed E-state index contributed by atoms with van der Waals surface area (Å²) in [5, 5.41) is 26.9. The Bertz CT molecular complexity index is 813. The van der Waals surface area contributed by atoms with Gasteiger partial charge in [-0.15, -0.1) is 0 Å². The first-order valence-corrected chi connectivity index (χ1v) is 6.66. The molecular weight excluding hydrogens is 268 g/mol. The molecule has 1 aliphatic heterocycles. The minimum absolute atomic E-state index is 0.160. The second kappa shape index (κ2) is 4.17.